The van der Waals surface area contributed by atoms with Crippen LogP contribution in [-0.4, -0.2) is 60.9 Å². The Morgan fingerprint density at radius 3 is 2.74 bits per heavy atom. The van der Waals surface area contributed by atoms with Gasteiger partial charge in [0.1, 0.15) is 5.69 Å². The Bertz CT molecular complexity index is 1380. The molecular formula is C24H25F4N7O3. The average molecular weight is 536 g/mol. The van der Waals surface area contributed by atoms with E-state index >= 15 is 0 Å². The minimum absolute atomic E-state index is 0.111. The Kier molecular flexibility index (Phi) is 6.35. The van der Waals surface area contributed by atoms with Crippen molar-refractivity contribution in [3.8, 4) is 17.1 Å². The lowest BCUT2D eigenvalue weighted by atomic mass is 9.88. The van der Waals surface area contributed by atoms with Gasteiger partial charge in [0.05, 0.1) is 19.0 Å². The van der Waals surface area contributed by atoms with E-state index in [0.29, 0.717) is 32.2 Å². The van der Waals surface area contributed by atoms with E-state index in [9.17, 15) is 27.2 Å². The molecule has 10 nitrogen and oxygen atoms in total. The number of hydrogen-bond acceptors (Lipinski definition) is 6. The number of H-pyrrole nitrogens is 1. The summed E-state index contributed by atoms with van der Waals surface area (Å²) < 4.78 is 60.0. The second kappa shape index (κ2) is 9.40. The number of piperidine rings is 1. The Labute approximate surface area is 214 Å². The maximum absolute atomic E-state index is 14.3. The number of amides is 2. The highest BCUT2D eigenvalue weighted by Crippen LogP contribution is 2.50. The van der Waals surface area contributed by atoms with Crippen molar-refractivity contribution in [3.63, 3.8) is 0 Å². The lowest BCUT2D eigenvalue weighted by Crippen LogP contribution is -2.50. The topological polar surface area (TPSA) is 118 Å². The van der Waals surface area contributed by atoms with Gasteiger partial charge in [0.25, 0.3) is 5.91 Å². The molecule has 1 aliphatic heterocycles. The van der Waals surface area contributed by atoms with Crippen LogP contribution in [0.3, 0.4) is 0 Å². The molecule has 2 N–H and O–H groups in total. The molecule has 14 heteroatoms. The zero-order valence-corrected chi connectivity index (χ0v) is 20.6. The predicted molar refractivity (Wildman–Crippen MR) is 124 cm³/mol. The second-order valence-corrected chi connectivity index (χ2v) is 9.64. The van der Waals surface area contributed by atoms with Crippen LogP contribution in [0.5, 0.6) is 5.88 Å². The molecular weight excluding hydrogens is 510 g/mol. The zero-order valence-electron chi connectivity index (χ0n) is 20.6. The van der Waals surface area contributed by atoms with Crippen LogP contribution in [0.15, 0.2) is 24.5 Å². The van der Waals surface area contributed by atoms with E-state index in [0.717, 1.165) is 10.9 Å². The summed E-state index contributed by atoms with van der Waals surface area (Å²) in [5, 5.41) is 12.8. The quantitative estimate of drug-likeness (QED) is 0.469. The van der Waals surface area contributed by atoms with Crippen molar-refractivity contribution >= 4 is 11.8 Å². The van der Waals surface area contributed by atoms with Crippen LogP contribution in [0.1, 0.15) is 47.4 Å². The van der Waals surface area contributed by atoms with Gasteiger partial charge in [-0.1, -0.05) is 0 Å². The first-order chi connectivity index (χ1) is 18.0. The number of hydrogen-bond donors (Lipinski definition) is 2. The molecule has 1 saturated heterocycles. The first kappa shape index (κ1) is 25.7. The average Bonchev–Trinajstić information content (AvgIpc) is 3.28. The molecule has 5 rings (SSSR count). The number of carbonyl (C=O) groups is 2. The van der Waals surface area contributed by atoms with Crippen LogP contribution in [0.4, 0.5) is 17.6 Å². The van der Waals surface area contributed by atoms with E-state index in [2.05, 4.69) is 25.6 Å². The summed E-state index contributed by atoms with van der Waals surface area (Å²) in [7, 11) is 2.79. The summed E-state index contributed by atoms with van der Waals surface area (Å²) in [6.07, 6.45) is -0.193. The lowest BCUT2D eigenvalue weighted by Gasteiger charge is -2.39. The van der Waals surface area contributed by atoms with Crippen molar-refractivity contribution in [3.05, 3.63) is 47.3 Å². The molecule has 2 amide bonds. The van der Waals surface area contributed by atoms with Crippen molar-refractivity contribution in [1.82, 2.24) is 35.2 Å². The summed E-state index contributed by atoms with van der Waals surface area (Å²) in [5.41, 5.74) is -1.10. The third-order valence-electron chi connectivity index (χ3n) is 7.09. The molecule has 1 atom stereocenters. The van der Waals surface area contributed by atoms with Gasteiger partial charge in [0.15, 0.2) is 11.5 Å². The van der Waals surface area contributed by atoms with Gasteiger partial charge < -0.3 is 15.0 Å². The number of halogens is 4. The third-order valence-corrected chi connectivity index (χ3v) is 7.09. The van der Waals surface area contributed by atoms with E-state index in [1.54, 1.807) is 4.90 Å². The summed E-state index contributed by atoms with van der Waals surface area (Å²) in [6.45, 7) is 0.00431. The highest BCUT2D eigenvalue weighted by Gasteiger charge is 2.54. The summed E-state index contributed by atoms with van der Waals surface area (Å²) >= 11 is 0. The minimum Gasteiger partial charge on any atom is -0.481 e. The van der Waals surface area contributed by atoms with Gasteiger partial charge in [0, 0.05) is 55.0 Å². The van der Waals surface area contributed by atoms with Gasteiger partial charge in [-0.3, -0.25) is 19.4 Å². The molecule has 1 spiro atoms. The van der Waals surface area contributed by atoms with Crippen LogP contribution in [0.2, 0.25) is 0 Å². The molecule has 2 aliphatic rings. The van der Waals surface area contributed by atoms with E-state index in [1.807, 2.05) is 0 Å². The summed E-state index contributed by atoms with van der Waals surface area (Å²) in [4.78, 5) is 31.7. The summed E-state index contributed by atoms with van der Waals surface area (Å²) in [5.74, 6) is -1.52. The molecule has 38 heavy (non-hydrogen) atoms. The van der Waals surface area contributed by atoms with Gasteiger partial charge >= 0.3 is 6.18 Å². The Morgan fingerprint density at radius 1 is 1.29 bits per heavy atom. The molecule has 1 aliphatic carbocycles. The maximum atomic E-state index is 14.3. The molecule has 1 saturated carbocycles. The first-order valence-corrected chi connectivity index (χ1v) is 12.0. The number of nitrogens with zero attached hydrogens (tertiary/aromatic N) is 5. The SMILES string of the molecule is COc1cc(-c2cc(C(=O)N3CC[C@H](C(=O)NCc4cn(C)nc4C(F)(F)F)CC34CC4)[nH]n2)c(F)cn1. The normalized spacial score (nSPS) is 18.5. The van der Waals surface area contributed by atoms with E-state index in [4.69, 9.17) is 4.74 Å². The molecule has 4 heterocycles. The number of aromatic nitrogens is 5. The van der Waals surface area contributed by atoms with Gasteiger partial charge in [-0.15, -0.1) is 0 Å². The van der Waals surface area contributed by atoms with Gasteiger partial charge in [-0.25, -0.2) is 9.37 Å². The zero-order chi connectivity index (χ0) is 27.2. The van der Waals surface area contributed by atoms with Crippen molar-refractivity contribution in [2.24, 2.45) is 13.0 Å². The van der Waals surface area contributed by atoms with E-state index in [-0.39, 0.29) is 46.8 Å². The van der Waals surface area contributed by atoms with Crippen molar-refractivity contribution < 1.29 is 31.9 Å². The first-order valence-electron chi connectivity index (χ1n) is 12.0. The number of likely N-dealkylation sites (tertiary alicyclic amines) is 1. The van der Waals surface area contributed by atoms with Crippen LogP contribution in [0.25, 0.3) is 11.3 Å². The van der Waals surface area contributed by atoms with Crippen LogP contribution >= 0.6 is 0 Å². The van der Waals surface area contributed by atoms with Gasteiger partial charge in [0.2, 0.25) is 11.8 Å². The molecule has 0 bridgehead atoms. The van der Waals surface area contributed by atoms with Crippen molar-refractivity contribution in [2.75, 3.05) is 13.7 Å². The molecule has 3 aromatic rings. The molecule has 3 aromatic heterocycles. The number of methoxy groups -OCH3 is 1. The number of aryl methyl sites for hydroxylation is 1. The largest absolute Gasteiger partial charge is 0.481 e. The second-order valence-electron chi connectivity index (χ2n) is 9.64. The van der Waals surface area contributed by atoms with Crippen LogP contribution in [0, 0.1) is 11.7 Å². The highest BCUT2D eigenvalue weighted by atomic mass is 19.4. The minimum atomic E-state index is -4.62. The third kappa shape index (κ3) is 4.82. The van der Waals surface area contributed by atoms with Gasteiger partial charge in [-0.2, -0.15) is 23.4 Å². The Balaban J connectivity index is 1.24. The number of nitrogens with one attached hydrogen (secondary N) is 2. The fourth-order valence-corrected chi connectivity index (χ4v) is 5.03. The van der Waals surface area contributed by atoms with Crippen LogP contribution in [-0.2, 0) is 24.6 Å². The van der Waals surface area contributed by atoms with Crippen molar-refractivity contribution in [2.45, 2.75) is 43.9 Å². The predicted octanol–water partition coefficient (Wildman–Crippen LogP) is 3.07. The number of ether oxygens (including phenoxy) is 1. The fourth-order valence-electron chi connectivity index (χ4n) is 5.03. The fraction of sp³-hybridized carbons (Fsp3) is 0.458. The summed E-state index contributed by atoms with van der Waals surface area (Å²) in [6, 6.07) is 2.84. The maximum Gasteiger partial charge on any atom is 0.435 e. The lowest BCUT2D eigenvalue weighted by molar-refractivity contribution is -0.142. The van der Waals surface area contributed by atoms with E-state index in [1.165, 1.54) is 32.5 Å². The van der Waals surface area contributed by atoms with Crippen molar-refractivity contribution in [1.29, 1.82) is 0 Å². The molecule has 0 radical (unpaired) electrons. The van der Waals surface area contributed by atoms with E-state index < -0.39 is 29.1 Å². The highest BCUT2D eigenvalue weighted by molar-refractivity contribution is 5.94. The molecule has 0 unspecified atom stereocenters. The smallest absolute Gasteiger partial charge is 0.435 e. The molecule has 0 aromatic carbocycles. The molecule has 202 valence electrons. The number of carbonyl (C=O) groups excluding carboxylic acids is 2. The standard InChI is InChI=1S/C24H25F4N7O3/c1-34-12-14(20(33-34)24(26,27)28)10-30-21(36)13-3-6-35(23(9-13)4-5-23)22(37)18-8-17(31-32-18)15-7-19(38-2)29-11-16(15)25/h7-8,11-13H,3-6,9-10H2,1-2H3,(H,30,36)(H,31,32)/t13-/m0/s1. The number of rotatable bonds is 6. The number of aromatic amines is 1. The molecule has 2 fully saturated rings. The van der Waals surface area contributed by atoms with Crippen LogP contribution < -0.4 is 10.1 Å². The Hall–Kier alpha value is -3.97. The Morgan fingerprint density at radius 2 is 2.05 bits per heavy atom. The number of pyridine rings is 1. The van der Waals surface area contributed by atoms with Gasteiger partial charge in [-0.05, 0) is 31.7 Å². The number of alkyl halides is 3. The monoisotopic (exact) mass is 535 g/mol.